The van der Waals surface area contributed by atoms with Gasteiger partial charge in [-0.25, -0.2) is 12.8 Å². The average molecular weight is 474 g/mol. The van der Waals surface area contributed by atoms with E-state index in [0.717, 1.165) is 28.6 Å². The minimum absolute atomic E-state index is 0.0425. The molecule has 1 aliphatic heterocycles. The molecule has 1 heterocycles. The molecule has 0 N–H and O–H groups in total. The van der Waals surface area contributed by atoms with E-state index in [2.05, 4.69) is 0 Å². The molecule has 0 radical (unpaired) electrons. The highest BCUT2D eigenvalue weighted by Gasteiger charge is 2.33. The van der Waals surface area contributed by atoms with Crippen LogP contribution in [0, 0.1) is 5.82 Å². The molecule has 0 aliphatic carbocycles. The van der Waals surface area contributed by atoms with E-state index in [9.17, 15) is 30.8 Å². The number of hydrogen-bond donors (Lipinski definition) is 0. The molecule has 0 spiro atoms. The maximum Gasteiger partial charge on any atom is 0.416 e. The van der Waals surface area contributed by atoms with Crippen molar-refractivity contribution in [2.75, 3.05) is 32.8 Å². The van der Waals surface area contributed by atoms with Crippen molar-refractivity contribution in [3.8, 4) is 5.75 Å². The topological polar surface area (TPSA) is 66.9 Å². The Labute approximate surface area is 183 Å². The Morgan fingerprint density at radius 1 is 0.969 bits per heavy atom. The predicted molar refractivity (Wildman–Crippen MR) is 108 cm³/mol. The van der Waals surface area contributed by atoms with Gasteiger partial charge in [-0.3, -0.25) is 4.79 Å². The van der Waals surface area contributed by atoms with Crippen LogP contribution < -0.4 is 4.74 Å². The summed E-state index contributed by atoms with van der Waals surface area (Å²) in [5.74, 6) is -0.542. The van der Waals surface area contributed by atoms with Crippen molar-refractivity contribution >= 4 is 15.9 Å². The van der Waals surface area contributed by atoms with Crippen LogP contribution in [0.25, 0.3) is 0 Å². The minimum atomic E-state index is -4.55. The van der Waals surface area contributed by atoms with Gasteiger partial charge in [0.15, 0.2) is 11.6 Å². The summed E-state index contributed by atoms with van der Waals surface area (Å²) in [5.41, 5.74) is -0.925. The fourth-order valence-electron chi connectivity index (χ4n) is 3.27. The molecule has 2 aromatic rings. The lowest BCUT2D eigenvalue weighted by Gasteiger charge is -2.34. The lowest BCUT2D eigenvalue weighted by molar-refractivity contribution is -0.137. The van der Waals surface area contributed by atoms with E-state index in [0.29, 0.717) is 6.42 Å². The summed E-state index contributed by atoms with van der Waals surface area (Å²) in [6, 6.07) is 9.29. The van der Waals surface area contributed by atoms with Crippen LogP contribution in [-0.2, 0) is 21.0 Å². The maximum absolute atomic E-state index is 13.5. The number of carbonyl (C=O) groups is 1. The van der Waals surface area contributed by atoms with Gasteiger partial charge in [0.2, 0.25) is 15.9 Å². The van der Waals surface area contributed by atoms with Gasteiger partial charge in [0.1, 0.15) is 0 Å². The second-order valence-electron chi connectivity index (χ2n) is 7.19. The summed E-state index contributed by atoms with van der Waals surface area (Å²) in [7, 11) is -3.96. The molecule has 32 heavy (non-hydrogen) atoms. The van der Waals surface area contributed by atoms with Gasteiger partial charge in [-0.15, -0.1) is 0 Å². The number of alkyl halides is 3. The van der Waals surface area contributed by atoms with Crippen molar-refractivity contribution in [1.82, 2.24) is 9.21 Å². The summed E-state index contributed by atoms with van der Waals surface area (Å²) in [5, 5.41) is 0. The van der Waals surface area contributed by atoms with Crippen molar-refractivity contribution in [2.24, 2.45) is 0 Å². The van der Waals surface area contributed by atoms with Crippen LogP contribution in [0.4, 0.5) is 17.6 Å². The molecular weight excluding hydrogens is 452 g/mol. The van der Waals surface area contributed by atoms with Gasteiger partial charge in [0.05, 0.1) is 17.1 Å². The minimum Gasteiger partial charge on any atom is -0.491 e. The Morgan fingerprint density at radius 3 is 2.19 bits per heavy atom. The van der Waals surface area contributed by atoms with Crippen LogP contribution >= 0.6 is 0 Å². The van der Waals surface area contributed by atoms with Gasteiger partial charge in [-0.2, -0.15) is 17.5 Å². The molecule has 174 valence electrons. The van der Waals surface area contributed by atoms with Crippen molar-refractivity contribution in [2.45, 2.75) is 23.9 Å². The van der Waals surface area contributed by atoms with E-state index in [1.807, 2.05) is 0 Å². The molecule has 1 aliphatic rings. The zero-order valence-corrected chi connectivity index (χ0v) is 17.8. The first-order valence-corrected chi connectivity index (χ1v) is 11.4. The van der Waals surface area contributed by atoms with Crippen molar-refractivity contribution in [1.29, 1.82) is 0 Å². The molecule has 1 amide bonds. The van der Waals surface area contributed by atoms with Gasteiger partial charge in [0.25, 0.3) is 0 Å². The second kappa shape index (κ2) is 9.86. The highest BCUT2D eigenvalue weighted by molar-refractivity contribution is 7.89. The third kappa shape index (κ3) is 5.77. The summed E-state index contributed by atoms with van der Waals surface area (Å²) >= 11 is 0. The van der Waals surface area contributed by atoms with Gasteiger partial charge >= 0.3 is 6.18 Å². The summed E-state index contributed by atoms with van der Waals surface area (Å²) < 4.78 is 83.4. The molecular formula is C21H22F4N2O4S. The number of carbonyl (C=O) groups excluding carboxylic acids is 1. The lowest BCUT2D eigenvalue weighted by Crippen LogP contribution is -2.50. The predicted octanol–water partition coefficient (Wildman–Crippen LogP) is 3.54. The Hall–Kier alpha value is -2.66. The standard InChI is InChI=1S/C21H22F4N2O4S/c22-18-4-1-2-5-19(18)31-15-3-6-20(28)26-11-13-27(14-12-26)32(29,30)17-9-7-16(8-10-17)21(23,24)25/h1-2,4-5,7-10H,3,6,11-15H2. The van der Waals surface area contributed by atoms with E-state index in [1.54, 1.807) is 12.1 Å². The molecule has 1 saturated heterocycles. The quantitative estimate of drug-likeness (QED) is 0.455. The van der Waals surface area contributed by atoms with E-state index in [1.165, 1.54) is 17.0 Å². The summed E-state index contributed by atoms with van der Waals surface area (Å²) in [6.45, 7) is 0.594. The third-order valence-corrected chi connectivity index (χ3v) is 6.95. The Morgan fingerprint density at radius 2 is 1.59 bits per heavy atom. The molecule has 3 rings (SSSR count). The number of ether oxygens (including phenoxy) is 1. The maximum atomic E-state index is 13.5. The van der Waals surface area contributed by atoms with Gasteiger partial charge in [-0.1, -0.05) is 12.1 Å². The first-order chi connectivity index (χ1) is 15.1. The Kier molecular flexibility index (Phi) is 7.40. The summed E-state index contributed by atoms with van der Waals surface area (Å²) in [6.07, 6.45) is -4.01. The number of para-hydroxylation sites is 1. The zero-order valence-electron chi connectivity index (χ0n) is 17.0. The largest absolute Gasteiger partial charge is 0.491 e. The molecule has 2 aromatic carbocycles. The molecule has 0 atom stereocenters. The molecule has 1 fully saturated rings. The van der Waals surface area contributed by atoms with Crippen LogP contribution in [-0.4, -0.2) is 56.3 Å². The van der Waals surface area contributed by atoms with Gasteiger partial charge < -0.3 is 9.64 Å². The normalized spacial score (nSPS) is 15.6. The van der Waals surface area contributed by atoms with E-state index < -0.39 is 27.6 Å². The number of halogens is 4. The highest BCUT2D eigenvalue weighted by Crippen LogP contribution is 2.30. The first-order valence-electron chi connectivity index (χ1n) is 9.91. The zero-order chi connectivity index (χ0) is 23.4. The SMILES string of the molecule is O=C(CCCOc1ccccc1F)N1CCN(S(=O)(=O)c2ccc(C(F)(F)F)cc2)CC1. The molecule has 0 saturated carbocycles. The highest BCUT2D eigenvalue weighted by atomic mass is 32.2. The van der Waals surface area contributed by atoms with Crippen LogP contribution in [0.2, 0.25) is 0 Å². The second-order valence-corrected chi connectivity index (χ2v) is 9.13. The number of sulfonamides is 1. The number of benzene rings is 2. The fourth-order valence-corrected chi connectivity index (χ4v) is 4.69. The average Bonchev–Trinajstić information content (AvgIpc) is 2.77. The molecule has 0 aromatic heterocycles. The Bertz CT molecular complexity index is 1030. The molecule has 0 unspecified atom stereocenters. The van der Waals surface area contributed by atoms with Crippen molar-refractivity contribution in [3.05, 3.63) is 59.9 Å². The van der Waals surface area contributed by atoms with Crippen molar-refractivity contribution in [3.63, 3.8) is 0 Å². The lowest BCUT2D eigenvalue weighted by atomic mass is 10.2. The summed E-state index contributed by atoms with van der Waals surface area (Å²) in [4.78, 5) is 13.7. The number of amides is 1. The molecule has 11 heteroatoms. The first kappa shape index (κ1) is 24.0. The van der Waals surface area contributed by atoms with Crippen LogP contribution in [0.1, 0.15) is 18.4 Å². The molecule has 0 bridgehead atoms. The Balaban J connectivity index is 1.47. The van der Waals surface area contributed by atoms with Crippen LogP contribution in [0.15, 0.2) is 53.4 Å². The smallest absolute Gasteiger partial charge is 0.416 e. The number of nitrogens with zero attached hydrogens (tertiary/aromatic N) is 2. The van der Waals surface area contributed by atoms with Crippen molar-refractivity contribution < 1.29 is 35.5 Å². The fraction of sp³-hybridized carbons (Fsp3) is 0.381. The van der Waals surface area contributed by atoms with E-state index >= 15 is 0 Å². The number of piperazine rings is 1. The third-order valence-electron chi connectivity index (χ3n) is 5.04. The van der Waals surface area contributed by atoms with Crippen LogP contribution in [0.5, 0.6) is 5.75 Å². The monoisotopic (exact) mass is 474 g/mol. The number of hydrogen-bond acceptors (Lipinski definition) is 4. The van der Waals surface area contributed by atoms with Crippen LogP contribution in [0.3, 0.4) is 0 Å². The van der Waals surface area contributed by atoms with E-state index in [4.69, 9.17) is 4.74 Å². The number of rotatable bonds is 7. The van der Waals surface area contributed by atoms with Gasteiger partial charge in [-0.05, 0) is 42.8 Å². The van der Waals surface area contributed by atoms with E-state index in [-0.39, 0.29) is 55.8 Å². The van der Waals surface area contributed by atoms with Gasteiger partial charge in [0, 0.05) is 32.6 Å². The molecule has 6 nitrogen and oxygen atoms in total.